The number of hydrogen-bond donors (Lipinski definition) is 3. The number of amides is 1. The molecule has 1 aliphatic rings. The highest BCUT2D eigenvalue weighted by atomic mass is 35.5. The Hall–Kier alpha value is -1.79. The molecule has 0 unspecified atom stereocenters. The third kappa shape index (κ3) is 3.02. The van der Waals surface area contributed by atoms with Gasteiger partial charge >= 0.3 is 0 Å². The number of carbonyl (C=O) groups is 1. The van der Waals surface area contributed by atoms with Gasteiger partial charge in [0.25, 0.3) is 6.01 Å². The molecule has 2 aromatic rings. The van der Waals surface area contributed by atoms with Crippen molar-refractivity contribution in [1.29, 1.82) is 0 Å². The van der Waals surface area contributed by atoms with Crippen LogP contribution in [0.3, 0.4) is 0 Å². The van der Waals surface area contributed by atoms with Crippen LogP contribution < -0.4 is 16.4 Å². The molecular weight excluding hydrogens is 280 g/mol. The third-order valence-corrected chi connectivity index (χ3v) is 3.34. The summed E-state index contributed by atoms with van der Waals surface area (Å²) in [5.41, 5.74) is 6.98. The van der Waals surface area contributed by atoms with E-state index in [-0.39, 0.29) is 12.4 Å². The van der Waals surface area contributed by atoms with Crippen LogP contribution in [0.15, 0.2) is 22.6 Å². The Bertz CT molecular complexity index is 607. The predicted octanol–water partition coefficient (Wildman–Crippen LogP) is 1.51. The fourth-order valence-electron chi connectivity index (χ4n) is 2.28. The Morgan fingerprint density at radius 3 is 2.85 bits per heavy atom. The molecule has 1 amide bonds. The van der Waals surface area contributed by atoms with Crippen molar-refractivity contribution in [2.75, 3.05) is 18.4 Å². The number of halogens is 1. The quantitative estimate of drug-likeness (QED) is 0.798. The number of oxazole rings is 1. The van der Waals surface area contributed by atoms with Gasteiger partial charge < -0.3 is 20.8 Å². The number of primary amides is 1. The molecule has 1 fully saturated rings. The van der Waals surface area contributed by atoms with Crippen molar-refractivity contribution in [3.63, 3.8) is 0 Å². The molecule has 1 aromatic heterocycles. The third-order valence-electron chi connectivity index (χ3n) is 3.34. The molecule has 3 rings (SSSR count). The summed E-state index contributed by atoms with van der Waals surface area (Å²) in [4.78, 5) is 15.5. The number of nitrogens with two attached hydrogens (primary N) is 1. The molecule has 0 radical (unpaired) electrons. The van der Waals surface area contributed by atoms with Crippen LogP contribution in [0.1, 0.15) is 23.2 Å². The topological polar surface area (TPSA) is 93.2 Å². The Kier molecular flexibility index (Phi) is 4.46. The number of fused-ring (bicyclic) bond motifs is 1. The zero-order valence-electron chi connectivity index (χ0n) is 10.9. The number of aromatic nitrogens is 1. The van der Waals surface area contributed by atoms with E-state index in [1.54, 1.807) is 18.2 Å². The Morgan fingerprint density at radius 1 is 1.40 bits per heavy atom. The zero-order chi connectivity index (χ0) is 13.2. The van der Waals surface area contributed by atoms with E-state index in [9.17, 15) is 4.79 Å². The summed E-state index contributed by atoms with van der Waals surface area (Å²) in [5.74, 6) is -0.460. The average Bonchev–Trinajstić information content (AvgIpc) is 2.80. The SMILES string of the molecule is Cl.NC(=O)c1ccc2oc(NC3CCNCC3)nc2c1. The van der Waals surface area contributed by atoms with Gasteiger partial charge in [-0.1, -0.05) is 0 Å². The molecule has 0 saturated carbocycles. The summed E-state index contributed by atoms with van der Waals surface area (Å²) in [6.07, 6.45) is 2.09. The van der Waals surface area contributed by atoms with Crippen LogP contribution in [-0.4, -0.2) is 30.0 Å². The minimum Gasteiger partial charge on any atom is -0.424 e. The fourth-order valence-corrected chi connectivity index (χ4v) is 2.28. The first-order valence-electron chi connectivity index (χ1n) is 6.40. The van der Waals surface area contributed by atoms with Crippen LogP contribution in [0.2, 0.25) is 0 Å². The van der Waals surface area contributed by atoms with E-state index >= 15 is 0 Å². The van der Waals surface area contributed by atoms with E-state index in [0.29, 0.717) is 28.7 Å². The summed E-state index contributed by atoms with van der Waals surface area (Å²) in [7, 11) is 0. The molecular formula is C13H17ClN4O2. The Labute approximate surface area is 122 Å². The Balaban J connectivity index is 0.00000147. The number of nitrogens with zero attached hydrogens (tertiary/aromatic N) is 1. The highest BCUT2D eigenvalue weighted by Gasteiger charge is 2.15. The second-order valence-corrected chi connectivity index (χ2v) is 4.73. The molecule has 7 heteroatoms. The van der Waals surface area contributed by atoms with Crippen molar-refractivity contribution >= 4 is 35.4 Å². The van der Waals surface area contributed by atoms with Crippen molar-refractivity contribution < 1.29 is 9.21 Å². The van der Waals surface area contributed by atoms with Crippen molar-refractivity contribution in [1.82, 2.24) is 10.3 Å². The summed E-state index contributed by atoms with van der Waals surface area (Å²) in [6.45, 7) is 2.01. The zero-order valence-corrected chi connectivity index (χ0v) is 11.7. The van der Waals surface area contributed by atoms with Crippen LogP contribution in [0.4, 0.5) is 6.01 Å². The second kappa shape index (κ2) is 6.11. The van der Waals surface area contributed by atoms with Crippen LogP contribution in [0, 0.1) is 0 Å². The van der Waals surface area contributed by atoms with Gasteiger partial charge in [-0.3, -0.25) is 4.79 Å². The summed E-state index contributed by atoms with van der Waals surface area (Å²) < 4.78 is 5.61. The van der Waals surface area contributed by atoms with Gasteiger partial charge in [0.2, 0.25) is 5.91 Å². The summed E-state index contributed by atoms with van der Waals surface area (Å²) in [6, 6.07) is 5.89. The van der Waals surface area contributed by atoms with E-state index in [2.05, 4.69) is 15.6 Å². The predicted molar refractivity (Wildman–Crippen MR) is 79.3 cm³/mol. The molecule has 1 aromatic carbocycles. The van der Waals surface area contributed by atoms with E-state index in [4.69, 9.17) is 10.2 Å². The van der Waals surface area contributed by atoms with E-state index in [1.807, 2.05) is 0 Å². The van der Waals surface area contributed by atoms with Gasteiger partial charge in [-0.05, 0) is 44.1 Å². The van der Waals surface area contributed by atoms with Gasteiger partial charge in [0, 0.05) is 11.6 Å². The van der Waals surface area contributed by atoms with Crippen LogP contribution in [0.25, 0.3) is 11.1 Å². The maximum atomic E-state index is 11.1. The van der Waals surface area contributed by atoms with E-state index < -0.39 is 5.91 Å². The molecule has 2 heterocycles. The van der Waals surface area contributed by atoms with Crippen LogP contribution in [0.5, 0.6) is 0 Å². The number of benzene rings is 1. The Morgan fingerprint density at radius 2 is 2.15 bits per heavy atom. The second-order valence-electron chi connectivity index (χ2n) is 4.73. The van der Waals surface area contributed by atoms with E-state index in [0.717, 1.165) is 25.9 Å². The summed E-state index contributed by atoms with van der Waals surface area (Å²) in [5, 5.41) is 6.59. The maximum Gasteiger partial charge on any atom is 0.295 e. The van der Waals surface area contributed by atoms with Crippen molar-refractivity contribution in [2.24, 2.45) is 5.73 Å². The minimum absolute atomic E-state index is 0. The molecule has 1 aliphatic heterocycles. The lowest BCUT2D eigenvalue weighted by molar-refractivity contribution is 0.100. The first-order chi connectivity index (χ1) is 9.22. The minimum atomic E-state index is -0.460. The smallest absolute Gasteiger partial charge is 0.295 e. The molecule has 0 aliphatic carbocycles. The molecule has 1 saturated heterocycles. The number of rotatable bonds is 3. The largest absolute Gasteiger partial charge is 0.424 e. The molecule has 6 nitrogen and oxygen atoms in total. The lowest BCUT2D eigenvalue weighted by Crippen LogP contribution is -2.35. The lowest BCUT2D eigenvalue weighted by atomic mass is 10.1. The lowest BCUT2D eigenvalue weighted by Gasteiger charge is -2.22. The van der Waals surface area contributed by atoms with Gasteiger partial charge in [-0.25, -0.2) is 0 Å². The molecule has 0 atom stereocenters. The molecule has 0 bridgehead atoms. The van der Waals surface area contributed by atoms with Gasteiger partial charge in [0.15, 0.2) is 5.58 Å². The molecule has 108 valence electrons. The molecule has 0 spiro atoms. The standard InChI is InChI=1S/C13H16N4O2.ClH/c14-12(18)8-1-2-11-10(7-8)17-13(19-11)16-9-3-5-15-6-4-9;/h1-2,7,9,15H,3-6H2,(H2,14,18)(H,16,17);1H. The average molecular weight is 297 g/mol. The van der Waals surface area contributed by atoms with Crippen molar-refractivity contribution in [3.05, 3.63) is 23.8 Å². The van der Waals surface area contributed by atoms with Gasteiger partial charge in [-0.15, -0.1) is 12.4 Å². The number of hydrogen-bond acceptors (Lipinski definition) is 5. The highest BCUT2D eigenvalue weighted by Crippen LogP contribution is 2.21. The molecule has 4 N–H and O–H groups in total. The van der Waals surface area contributed by atoms with Crippen LogP contribution in [-0.2, 0) is 0 Å². The van der Waals surface area contributed by atoms with Crippen molar-refractivity contribution in [2.45, 2.75) is 18.9 Å². The van der Waals surface area contributed by atoms with Gasteiger partial charge in [-0.2, -0.15) is 4.98 Å². The van der Waals surface area contributed by atoms with Gasteiger partial charge in [0.05, 0.1) is 0 Å². The number of carbonyl (C=O) groups excluding carboxylic acids is 1. The monoisotopic (exact) mass is 296 g/mol. The first kappa shape index (κ1) is 14.6. The summed E-state index contributed by atoms with van der Waals surface area (Å²) >= 11 is 0. The van der Waals surface area contributed by atoms with Crippen molar-refractivity contribution in [3.8, 4) is 0 Å². The number of piperidine rings is 1. The van der Waals surface area contributed by atoms with E-state index in [1.165, 1.54) is 0 Å². The number of nitrogens with one attached hydrogen (secondary N) is 2. The van der Waals surface area contributed by atoms with Crippen LogP contribution >= 0.6 is 12.4 Å². The first-order valence-corrected chi connectivity index (χ1v) is 6.40. The highest BCUT2D eigenvalue weighted by molar-refractivity contribution is 5.96. The van der Waals surface area contributed by atoms with Gasteiger partial charge in [0.1, 0.15) is 5.52 Å². The molecule has 20 heavy (non-hydrogen) atoms. The fraction of sp³-hybridized carbons (Fsp3) is 0.385. The number of anilines is 1. The normalized spacial score (nSPS) is 15.8. The maximum absolute atomic E-state index is 11.1.